The van der Waals surface area contributed by atoms with Gasteiger partial charge in [0.2, 0.25) is 0 Å². The largest absolute Gasteiger partial charge is 0.481 e. The zero-order valence-electron chi connectivity index (χ0n) is 20.8. The molecule has 0 spiro atoms. The van der Waals surface area contributed by atoms with Gasteiger partial charge in [-0.15, -0.1) is 0 Å². The van der Waals surface area contributed by atoms with Crippen LogP contribution in [0, 0.1) is 5.92 Å². The summed E-state index contributed by atoms with van der Waals surface area (Å²) in [5, 5.41) is 17.1. The third-order valence-corrected chi connectivity index (χ3v) is 4.88. The van der Waals surface area contributed by atoms with Gasteiger partial charge in [0.1, 0.15) is 0 Å². The summed E-state index contributed by atoms with van der Waals surface area (Å²) in [6.45, 7) is 8.91. The van der Waals surface area contributed by atoms with Crippen molar-refractivity contribution in [1.29, 1.82) is 0 Å². The summed E-state index contributed by atoms with van der Waals surface area (Å²) < 4.78 is 0. The molecule has 0 rings (SSSR count). The molecule has 0 bridgehead atoms. The average molecular weight is 435 g/mol. The highest BCUT2D eigenvalue weighted by atomic mass is 16.4. The predicted octanol–water partition coefficient (Wildman–Crippen LogP) is 8.41. The second kappa shape index (κ2) is 26.4. The van der Waals surface area contributed by atoms with Crippen molar-refractivity contribution in [2.24, 2.45) is 5.92 Å². The fraction of sp³-hybridized carbons (Fsp3) is 0.679. The topological polar surface area (TPSA) is 57.5 Å². The quantitative estimate of drug-likeness (QED) is 0.168. The van der Waals surface area contributed by atoms with Gasteiger partial charge in [-0.1, -0.05) is 81.2 Å². The van der Waals surface area contributed by atoms with Gasteiger partial charge in [-0.2, -0.15) is 0 Å². The van der Waals surface area contributed by atoms with Crippen LogP contribution < -0.4 is 0 Å². The molecule has 1 atom stereocenters. The van der Waals surface area contributed by atoms with Crippen molar-refractivity contribution in [1.82, 2.24) is 0 Å². The number of aliphatic hydroxyl groups is 1. The molecule has 3 heteroatoms. The van der Waals surface area contributed by atoms with E-state index in [2.05, 4.69) is 70.2 Å². The first kappa shape index (κ1) is 31.6. The van der Waals surface area contributed by atoms with Crippen molar-refractivity contribution in [3.05, 3.63) is 48.1 Å². The molecule has 31 heavy (non-hydrogen) atoms. The Morgan fingerprint density at radius 1 is 0.806 bits per heavy atom. The van der Waals surface area contributed by atoms with E-state index in [1.54, 1.807) is 0 Å². The summed E-state index contributed by atoms with van der Waals surface area (Å²) in [6.07, 6.45) is 28.9. The summed E-state index contributed by atoms with van der Waals surface area (Å²) in [6, 6.07) is 0. The number of aliphatic hydroxyl groups excluding tert-OH is 1. The van der Waals surface area contributed by atoms with Crippen LogP contribution in [0.4, 0.5) is 0 Å². The molecule has 0 aliphatic rings. The lowest BCUT2D eigenvalue weighted by Crippen LogP contribution is -1.96. The summed E-state index contributed by atoms with van der Waals surface area (Å²) in [5.41, 5.74) is 1.39. The molecule has 0 saturated carbocycles. The van der Waals surface area contributed by atoms with Crippen LogP contribution in [0.15, 0.2) is 48.1 Å². The molecule has 0 saturated heterocycles. The third-order valence-electron chi connectivity index (χ3n) is 4.88. The fourth-order valence-corrected chi connectivity index (χ4v) is 2.92. The highest BCUT2D eigenvalue weighted by molar-refractivity contribution is 5.66. The first-order valence-corrected chi connectivity index (χ1v) is 12.3. The maximum atomic E-state index is 10.3. The van der Waals surface area contributed by atoms with Gasteiger partial charge in [0, 0.05) is 13.0 Å². The normalized spacial score (nSPS) is 12.3. The Bertz CT molecular complexity index is 496. The number of unbranched alkanes of at least 4 members (excludes halogenated alkanes) is 5. The van der Waals surface area contributed by atoms with Crippen molar-refractivity contribution >= 4 is 5.97 Å². The second-order valence-corrected chi connectivity index (χ2v) is 8.47. The Balaban J connectivity index is 0. The van der Waals surface area contributed by atoms with E-state index >= 15 is 0 Å². The predicted molar refractivity (Wildman–Crippen MR) is 136 cm³/mol. The van der Waals surface area contributed by atoms with Crippen LogP contribution in [0.1, 0.15) is 111 Å². The standard InChI is InChI=1S/C18H30O2.C10H20O/c1-2-3-4-5-6-7-8-9-10-11-12-13-14-15-16-17-18(19)20;1-9(2)5-4-6-10(3)7-8-11/h3-4,6-7,9-10H,2,5,8,11-17H2,1H3,(H,19,20);5,10-11H,4,6-8H2,1-3H3/b4-3-,7-6-,10-9-;. The molecular formula is C28H50O3. The number of hydrogen-bond acceptors (Lipinski definition) is 2. The first-order valence-electron chi connectivity index (χ1n) is 12.3. The lowest BCUT2D eigenvalue weighted by Gasteiger charge is -2.06. The number of carboxylic acid groups (broad SMARTS) is 1. The van der Waals surface area contributed by atoms with Gasteiger partial charge in [0.25, 0.3) is 0 Å². The Morgan fingerprint density at radius 3 is 1.97 bits per heavy atom. The molecular weight excluding hydrogens is 384 g/mol. The van der Waals surface area contributed by atoms with E-state index in [1.165, 1.54) is 24.8 Å². The minimum absolute atomic E-state index is 0.319. The van der Waals surface area contributed by atoms with Crippen molar-refractivity contribution in [3.63, 3.8) is 0 Å². The molecule has 0 amide bonds. The summed E-state index contributed by atoms with van der Waals surface area (Å²) in [4.78, 5) is 10.3. The van der Waals surface area contributed by atoms with Gasteiger partial charge in [-0.25, -0.2) is 0 Å². The minimum Gasteiger partial charge on any atom is -0.481 e. The number of rotatable bonds is 18. The maximum absolute atomic E-state index is 10.3. The van der Waals surface area contributed by atoms with E-state index in [0.29, 0.717) is 18.9 Å². The molecule has 0 radical (unpaired) electrons. The minimum atomic E-state index is -0.675. The van der Waals surface area contributed by atoms with Crippen molar-refractivity contribution in [2.45, 2.75) is 111 Å². The number of carboxylic acids is 1. The summed E-state index contributed by atoms with van der Waals surface area (Å²) >= 11 is 0. The number of carbonyl (C=O) groups is 1. The monoisotopic (exact) mass is 434 g/mol. The Kier molecular flexibility index (Phi) is 26.9. The van der Waals surface area contributed by atoms with E-state index in [9.17, 15) is 4.79 Å². The van der Waals surface area contributed by atoms with Gasteiger partial charge in [-0.05, 0) is 77.6 Å². The molecule has 0 aromatic heterocycles. The molecule has 1 unspecified atom stereocenters. The van der Waals surface area contributed by atoms with E-state index in [1.807, 2.05) is 0 Å². The third kappa shape index (κ3) is 33.2. The summed E-state index contributed by atoms with van der Waals surface area (Å²) in [5.74, 6) is -0.0122. The number of aliphatic carboxylic acids is 1. The first-order chi connectivity index (χ1) is 14.9. The molecule has 3 nitrogen and oxygen atoms in total. The van der Waals surface area contributed by atoms with Crippen LogP contribution in [0.3, 0.4) is 0 Å². The van der Waals surface area contributed by atoms with E-state index in [0.717, 1.165) is 57.8 Å². The van der Waals surface area contributed by atoms with Crippen LogP contribution in [0.5, 0.6) is 0 Å². The van der Waals surface area contributed by atoms with Crippen molar-refractivity contribution in [3.8, 4) is 0 Å². The molecule has 180 valence electrons. The zero-order valence-corrected chi connectivity index (χ0v) is 20.8. The number of allylic oxidation sites excluding steroid dienone is 8. The van der Waals surface area contributed by atoms with Gasteiger partial charge >= 0.3 is 5.97 Å². The van der Waals surface area contributed by atoms with Crippen LogP contribution in [0.25, 0.3) is 0 Å². The van der Waals surface area contributed by atoms with Crippen LogP contribution >= 0.6 is 0 Å². The highest BCUT2D eigenvalue weighted by Gasteiger charge is 1.98. The molecule has 0 fully saturated rings. The van der Waals surface area contributed by atoms with E-state index in [4.69, 9.17) is 10.2 Å². The van der Waals surface area contributed by atoms with Crippen molar-refractivity contribution < 1.29 is 15.0 Å². The smallest absolute Gasteiger partial charge is 0.303 e. The second-order valence-electron chi connectivity index (χ2n) is 8.47. The zero-order chi connectivity index (χ0) is 23.6. The van der Waals surface area contributed by atoms with Crippen LogP contribution in [0.2, 0.25) is 0 Å². The lowest BCUT2D eigenvalue weighted by atomic mass is 10.0. The molecule has 0 aromatic carbocycles. The maximum Gasteiger partial charge on any atom is 0.303 e. The van der Waals surface area contributed by atoms with Gasteiger partial charge < -0.3 is 10.2 Å². The molecule has 0 aliphatic heterocycles. The number of hydrogen-bond donors (Lipinski definition) is 2. The van der Waals surface area contributed by atoms with E-state index in [-0.39, 0.29) is 0 Å². The summed E-state index contributed by atoms with van der Waals surface area (Å²) in [7, 11) is 0. The molecule has 2 N–H and O–H groups in total. The van der Waals surface area contributed by atoms with E-state index < -0.39 is 5.97 Å². The SMILES string of the molecule is CC(C)=CCCC(C)CCO.CC/C=C\C/C=C\C/C=C\CCCCCCCC(=O)O. The van der Waals surface area contributed by atoms with Gasteiger partial charge in [-0.3, -0.25) is 4.79 Å². The van der Waals surface area contributed by atoms with Crippen LogP contribution in [-0.2, 0) is 4.79 Å². The molecule has 0 heterocycles. The molecule has 0 aromatic rings. The highest BCUT2D eigenvalue weighted by Crippen LogP contribution is 2.10. The van der Waals surface area contributed by atoms with Crippen molar-refractivity contribution in [2.75, 3.05) is 6.61 Å². The fourth-order valence-electron chi connectivity index (χ4n) is 2.92. The van der Waals surface area contributed by atoms with Gasteiger partial charge in [0.05, 0.1) is 0 Å². The average Bonchev–Trinajstić information content (AvgIpc) is 2.71. The van der Waals surface area contributed by atoms with Gasteiger partial charge in [0.15, 0.2) is 0 Å². The Morgan fingerprint density at radius 2 is 1.39 bits per heavy atom. The van der Waals surface area contributed by atoms with Crippen LogP contribution in [-0.4, -0.2) is 22.8 Å². The Hall–Kier alpha value is -1.61. The Labute approximate surface area is 193 Å². The lowest BCUT2D eigenvalue weighted by molar-refractivity contribution is -0.137. The molecule has 0 aliphatic carbocycles.